The van der Waals surface area contributed by atoms with Crippen molar-refractivity contribution in [2.45, 2.75) is 10.6 Å². The van der Waals surface area contributed by atoms with Gasteiger partial charge in [-0.1, -0.05) is 6.08 Å². The number of esters is 1. The molecule has 1 rings (SSSR count). The van der Waals surface area contributed by atoms with Crippen LogP contribution in [-0.2, 0) is 19.6 Å². The van der Waals surface area contributed by atoms with Crippen molar-refractivity contribution in [3.8, 4) is 0 Å². The lowest BCUT2D eigenvalue weighted by Crippen LogP contribution is -2.09. The van der Waals surface area contributed by atoms with E-state index in [1.807, 2.05) is 0 Å². The summed E-state index contributed by atoms with van der Waals surface area (Å²) in [4.78, 5) is 11.5. The first kappa shape index (κ1) is 12.9. The predicted molar refractivity (Wildman–Crippen MR) is 61.4 cm³/mol. The summed E-state index contributed by atoms with van der Waals surface area (Å²) >= 11 is 1.05. The third-order valence-electron chi connectivity index (χ3n) is 1.68. The minimum Gasteiger partial charge on any atom is -0.469 e. The monoisotopic (exact) mass is 261 g/mol. The van der Waals surface area contributed by atoms with Crippen LogP contribution in [0.15, 0.2) is 22.4 Å². The van der Waals surface area contributed by atoms with E-state index in [-0.39, 0.29) is 16.6 Å². The van der Waals surface area contributed by atoms with E-state index in [2.05, 4.69) is 4.74 Å². The first-order chi connectivity index (χ1) is 7.43. The van der Waals surface area contributed by atoms with Crippen molar-refractivity contribution in [2.75, 3.05) is 7.11 Å². The molecule has 0 saturated carbocycles. The van der Waals surface area contributed by atoms with Crippen molar-refractivity contribution in [1.29, 1.82) is 0 Å². The highest BCUT2D eigenvalue weighted by molar-refractivity contribution is 7.91. The molecule has 0 aromatic carbocycles. The Morgan fingerprint density at radius 2 is 2.25 bits per heavy atom. The molecule has 2 N–H and O–H groups in total. The van der Waals surface area contributed by atoms with Gasteiger partial charge in [-0.2, -0.15) is 0 Å². The average molecular weight is 261 g/mol. The minimum absolute atomic E-state index is 0.102. The maximum Gasteiger partial charge on any atom is 0.309 e. The van der Waals surface area contributed by atoms with Gasteiger partial charge in [-0.05, 0) is 18.2 Å². The van der Waals surface area contributed by atoms with Crippen LogP contribution >= 0.6 is 11.3 Å². The highest BCUT2D eigenvalue weighted by Crippen LogP contribution is 2.21. The summed E-state index contributed by atoms with van der Waals surface area (Å²) < 4.78 is 26.5. The van der Waals surface area contributed by atoms with Crippen molar-refractivity contribution in [3.63, 3.8) is 0 Å². The lowest BCUT2D eigenvalue weighted by atomic mass is 10.3. The number of methoxy groups -OCH3 is 1. The summed E-state index contributed by atoms with van der Waals surface area (Å²) in [5.74, 6) is -0.348. The van der Waals surface area contributed by atoms with Gasteiger partial charge in [0.15, 0.2) is 0 Å². The molecule has 0 bridgehead atoms. The van der Waals surface area contributed by atoms with Gasteiger partial charge in [0, 0.05) is 4.88 Å². The van der Waals surface area contributed by atoms with Crippen LogP contribution in [0.2, 0.25) is 0 Å². The Kier molecular flexibility index (Phi) is 4.22. The second-order valence-electron chi connectivity index (χ2n) is 2.88. The van der Waals surface area contributed by atoms with E-state index in [1.165, 1.54) is 13.2 Å². The number of hydrogen-bond donors (Lipinski definition) is 1. The average Bonchev–Trinajstić information content (AvgIpc) is 2.65. The minimum atomic E-state index is -3.64. The molecule has 1 aromatic heterocycles. The lowest BCUT2D eigenvalue weighted by molar-refractivity contribution is -0.139. The van der Waals surface area contributed by atoms with E-state index >= 15 is 0 Å². The zero-order valence-corrected chi connectivity index (χ0v) is 10.2. The molecule has 0 spiro atoms. The fourth-order valence-electron chi connectivity index (χ4n) is 0.932. The van der Waals surface area contributed by atoms with Crippen LogP contribution in [0.3, 0.4) is 0 Å². The molecule has 1 aromatic rings. The van der Waals surface area contributed by atoms with Crippen molar-refractivity contribution >= 4 is 33.4 Å². The molecule has 0 saturated heterocycles. The molecule has 0 aliphatic heterocycles. The summed E-state index contributed by atoms with van der Waals surface area (Å²) in [5, 5.41) is 4.95. The number of primary sulfonamides is 1. The molecular formula is C9H11NO4S2. The van der Waals surface area contributed by atoms with Gasteiger partial charge in [0.25, 0.3) is 0 Å². The first-order valence-corrected chi connectivity index (χ1v) is 6.66. The number of hydrogen-bond acceptors (Lipinski definition) is 5. The van der Waals surface area contributed by atoms with Gasteiger partial charge in [0.05, 0.1) is 13.5 Å². The van der Waals surface area contributed by atoms with E-state index in [0.717, 1.165) is 11.3 Å². The summed E-state index contributed by atoms with van der Waals surface area (Å²) in [6, 6.07) is 3.05. The van der Waals surface area contributed by atoms with Crippen LogP contribution in [-0.4, -0.2) is 21.5 Å². The zero-order chi connectivity index (χ0) is 12.2. The summed E-state index contributed by atoms with van der Waals surface area (Å²) in [6.45, 7) is 0. The first-order valence-electron chi connectivity index (χ1n) is 4.29. The largest absolute Gasteiger partial charge is 0.469 e. The van der Waals surface area contributed by atoms with E-state index in [1.54, 1.807) is 18.2 Å². The highest BCUT2D eigenvalue weighted by atomic mass is 32.2. The quantitative estimate of drug-likeness (QED) is 0.818. The molecular weight excluding hydrogens is 250 g/mol. The topological polar surface area (TPSA) is 86.5 Å². The number of carbonyl (C=O) groups is 1. The maximum atomic E-state index is 11.0. The Morgan fingerprint density at radius 1 is 1.56 bits per heavy atom. The van der Waals surface area contributed by atoms with E-state index in [9.17, 15) is 13.2 Å². The number of thiophene rings is 1. The van der Waals surface area contributed by atoms with Crippen LogP contribution in [0.1, 0.15) is 11.3 Å². The Balaban J connectivity index is 2.70. The van der Waals surface area contributed by atoms with Crippen molar-refractivity contribution in [3.05, 3.63) is 23.1 Å². The second-order valence-corrected chi connectivity index (χ2v) is 5.79. The summed E-state index contributed by atoms with van der Waals surface area (Å²) in [5.41, 5.74) is 0. The maximum absolute atomic E-state index is 11.0. The Bertz CT molecular complexity index is 501. The number of carbonyl (C=O) groups excluding carboxylic acids is 1. The van der Waals surface area contributed by atoms with Gasteiger partial charge < -0.3 is 4.74 Å². The fourth-order valence-corrected chi connectivity index (χ4v) is 2.61. The number of sulfonamides is 1. The third kappa shape index (κ3) is 3.76. The van der Waals surface area contributed by atoms with Crippen LogP contribution in [0, 0.1) is 0 Å². The molecule has 0 radical (unpaired) electrons. The SMILES string of the molecule is COC(=O)CC=Cc1ccc(S(N)(=O)=O)s1. The molecule has 0 aliphatic carbocycles. The van der Waals surface area contributed by atoms with E-state index in [4.69, 9.17) is 5.14 Å². The Labute approximate surface area is 97.6 Å². The van der Waals surface area contributed by atoms with Gasteiger partial charge in [0.2, 0.25) is 10.0 Å². The second kappa shape index (κ2) is 5.24. The number of nitrogens with two attached hydrogens (primary N) is 1. The molecule has 7 heteroatoms. The van der Waals surface area contributed by atoms with Crippen molar-refractivity contribution < 1.29 is 17.9 Å². The van der Waals surface area contributed by atoms with Crippen LogP contribution in [0.4, 0.5) is 0 Å². The fraction of sp³-hybridized carbons (Fsp3) is 0.222. The summed E-state index contributed by atoms with van der Waals surface area (Å²) in [6.07, 6.45) is 3.40. The number of rotatable bonds is 4. The standard InChI is InChI=1S/C9H11NO4S2/c1-14-8(11)4-2-3-7-5-6-9(15-7)16(10,12)13/h2-3,5-6H,4H2,1H3,(H2,10,12,13). The molecule has 1 heterocycles. The van der Waals surface area contributed by atoms with Gasteiger partial charge in [-0.15, -0.1) is 11.3 Å². The van der Waals surface area contributed by atoms with Gasteiger partial charge in [0.1, 0.15) is 4.21 Å². The van der Waals surface area contributed by atoms with Crippen molar-refractivity contribution in [2.24, 2.45) is 5.14 Å². The highest BCUT2D eigenvalue weighted by Gasteiger charge is 2.09. The van der Waals surface area contributed by atoms with E-state index < -0.39 is 10.0 Å². The summed E-state index contributed by atoms with van der Waals surface area (Å²) in [7, 11) is -2.33. The molecule has 16 heavy (non-hydrogen) atoms. The Morgan fingerprint density at radius 3 is 2.75 bits per heavy atom. The number of ether oxygens (including phenoxy) is 1. The van der Waals surface area contributed by atoms with Gasteiger partial charge in [-0.3, -0.25) is 4.79 Å². The molecule has 5 nitrogen and oxygen atoms in total. The lowest BCUT2D eigenvalue weighted by Gasteiger charge is -1.91. The normalized spacial score (nSPS) is 11.9. The predicted octanol–water partition coefficient (Wildman–Crippen LogP) is 0.972. The van der Waals surface area contributed by atoms with Crippen LogP contribution in [0.5, 0.6) is 0 Å². The Hall–Kier alpha value is -1.18. The van der Waals surface area contributed by atoms with Crippen molar-refractivity contribution in [1.82, 2.24) is 0 Å². The molecule has 0 atom stereocenters. The molecule has 0 amide bonds. The van der Waals surface area contributed by atoms with Crippen LogP contribution < -0.4 is 5.14 Å². The molecule has 0 fully saturated rings. The third-order valence-corrected chi connectivity index (χ3v) is 4.17. The van der Waals surface area contributed by atoms with Gasteiger partial charge in [-0.25, -0.2) is 13.6 Å². The smallest absolute Gasteiger partial charge is 0.309 e. The van der Waals surface area contributed by atoms with Crippen LogP contribution in [0.25, 0.3) is 6.08 Å². The zero-order valence-electron chi connectivity index (χ0n) is 8.54. The molecule has 88 valence electrons. The molecule has 0 unspecified atom stereocenters. The molecule has 0 aliphatic rings. The van der Waals surface area contributed by atoms with E-state index in [0.29, 0.717) is 4.88 Å². The van der Waals surface area contributed by atoms with Gasteiger partial charge >= 0.3 is 5.97 Å².